The Bertz CT molecular complexity index is 674. The molecule has 1 aromatic heterocycles. The van der Waals surface area contributed by atoms with E-state index in [1.807, 2.05) is 37.1 Å². The number of halogens is 1. The molecule has 0 saturated heterocycles. The van der Waals surface area contributed by atoms with Gasteiger partial charge in [-0.2, -0.15) is 5.26 Å². The lowest BCUT2D eigenvalue weighted by Gasteiger charge is -2.19. The Morgan fingerprint density at radius 3 is 2.55 bits per heavy atom. The van der Waals surface area contributed by atoms with Crippen LogP contribution in [0.2, 0.25) is 0 Å². The van der Waals surface area contributed by atoms with E-state index in [-0.39, 0.29) is 5.82 Å². The molecule has 0 aliphatic heterocycles. The summed E-state index contributed by atoms with van der Waals surface area (Å²) >= 11 is 0. The first-order chi connectivity index (χ1) is 9.51. The number of hydrogen-bond donors (Lipinski definition) is 0. The number of aromatic nitrogens is 1. The molecule has 0 spiro atoms. The Balaban J connectivity index is 2.21. The summed E-state index contributed by atoms with van der Waals surface area (Å²) in [7, 11) is 1.87. The Kier molecular flexibility index (Phi) is 3.99. The van der Waals surface area contributed by atoms with Crippen molar-refractivity contribution < 1.29 is 4.39 Å². The summed E-state index contributed by atoms with van der Waals surface area (Å²) in [5, 5.41) is 9.00. The fourth-order valence-electron chi connectivity index (χ4n) is 1.93. The zero-order valence-electron chi connectivity index (χ0n) is 11.8. The maximum Gasteiger partial charge on any atom is 0.145 e. The van der Waals surface area contributed by atoms with Crippen LogP contribution in [0.25, 0.3) is 0 Å². The number of pyridine rings is 1. The lowest BCUT2D eigenvalue weighted by Crippen LogP contribution is -2.18. The van der Waals surface area contributed by atoms with Crippen LogP contribution < -0.4 is 4.90 Å². The lowest BCUT2D eigenvalue weighted by atomic mass is 10.1. The van der Waals surface area contributed by atoms with Crippen LogP contribution in [0.1, 0.15) is 22.4 Å². The monoisotopic (exact) mass is 269 g/mol. The highest BCUT2D eigenvalue weighted by molar-refractivity contribution is 5.44. The van der Waals surface area contributed by atoms with E-state index in [1.54, 1.807) is 13.0 Å². The quantitative estimate of drug-likeness (QED) is 0.858. The first kappa shape index (κ1) is 14.0. The van der Waals surface area contributed by atoms with Gasteiger partial charge in [0.25, 0.3) is 0 Å². The van der Waals surface area contributed by atoms with Crippen molar-refractivity contribution >= 4 is 5.82 Å². The van der Waals surface area contributed by atoms with E-state index < -0.39 is 0 Å². The van der Waals surface area contributed by atoms with Gasteiger partial charge in [-0.1, -0.05) is 18.2 Å². The van der Waals surface area contributed by atoms with Gasteiger partial charge in [0.1, 0.15) is 23.4 Å². The third-order valence-corrected chi connectivity index (χ3v) is 3.24. The molecule has 102 valence electrons. The third kappa shape index (κ3) is 2.94. The highest BCUT2D eigenvalue weighted by Crippen LogP contribution is 2.17. The molecule has 0 radical (unpaired) electrons. The summed E-state index contributed by atoms with van der Waals surface area (Å²) in [5.74, 6) is 0.499. The van der Waals surface area contributed by atoms with Gasteiger partial charge < -0.3 is 4.90 Å². The Morgan fingerprint density at radius 2 is 1.90 bits per heavy atom. The van der Waals surface area contributed by atoms with Crippen molar-refractivity contribution in [1.82, 2.24) is 4.98 Å². The third-order valence-electron chi connectivity index (χ3n) is 3.24. The van der Waals surface area contributed by atoms with Crippen molar-refractivity contribution in [3.8, 4) is 6.07 Å². The van der Waals surface area contributed by atoms with Crippen LogP contribution in [0.3, 0.4) is 0 Å². The second kappa shape index (κ2) is 5.70. The van der Waals surface area contributed by atoms with Crippen LogP contribution in [-0.4, -0.2) is 12.0 Å². The summed E-state index contributed by atoms with van der Waals surface area (Å²) in [5.41, 5.74) is 2.78. The zero-order chi connectivity index (χ0) is 14.7. The van der Waals surface area contributed by atoms with Crippen LogP contribution in [0.15, 0.2) is 30.3 Å². The van der Waals surface area contributed by atoms with Gasteiger partial charge >= 0.3 is 0 Å². The number of anilines is 1. The van der Waals surface area contributed by atoms with Gasteiger partial charge in [-0.15, -0.1) is 0 Å². The molecule has 4 heteroatoms. The smallest absolute Gasteiger partial charge is 0.145 e. The van der Waals surface area contributed by atoms with Crippen molar-refractivity contribution in [3.63, 3.8) is 0 Å². The number of rotatable bonds is 3. The fourth-order valence-corrected chi connectivity index (χ4v) is 1.93. The molecule has 0 amide bonds. The zero-order valence-corrected chi connectivity index (χ0v) is 11.8. The van der Waals surface area contributed by atoms with Crippen LogP contribution in [0, 0.1) is 31.0 Å². The van der Waals surface area contributed by atoms with Crippen molar-refractivity contribution in [3.05, 3.63) is 58.5 Å². The minimum Gasteiger partial charge on any atom is -0.355 e. The molecule has 0 aliphatic carbocycles. The van der Waals surface area contributed by atoms with Gasteiger partial charge in [-0.3, -0.25) is 0 Å². The molecule has 0 N–H and O–H groups in total. The van der Waals surface area contributed by atoms with E-state index in [1.165, 1.54) is 6.07 Å². The summed E-state index contributed by atoms with van der Waals surface area (Å²) in [6, 6.07) is 11.0. The summed E-state index contributed by atoms with van der Waals surface area (Å²) in [4.78, 5) is 6.19. The van der Waals surface area contributed by atoms with E-state index >= 15 is 0 Å². The maximum absolute atomic E-state index is 13.5. The molecular formula is C16H16FN3. The van der Waals surface area contributed by atoms with E-state index in [4.69, 9.17) is 5.26 Å². The van der Waals surface area contributed by atoms with E-state index in [0.717, 1.165) is 11.1 Å². The summed E-state index contributed by atoms with van der Waals surface area (Å²) in [6.45, 7) is 4.13. The molecular weight excluding hydrogens is 253 g/mol. The first-order valence-corrected chi connectivity index (χ1v) is 6.35. The highest BCUT2D eigenvalue weighted by Gasteiger charge is 2.08. The maximum atomic E-state index is 13.5. The first-order valence-electron chi connectivity index (χ1n) is 6.35. The van der Waals surface area contributed by atoms with Gasteiger partial charge in [-0.05, 0) is 42.7 Å². The molecule has 0 fully saturated rings. The number of aryl methyl sites for hydroxylation is 2. The average Bonchev–Trinajstić information content (AvgIpc) is 2.43. The number of hydrogen-bond acceptors (Lipinski definition) is 3. The number of nitriles is 1. The summed E-state index contributed by atoms with van der Waals surface area (Å²) < 4.78 is 13.5. The molecule has 3 nitrogen and oxygen atoms in total. The molecule has 1 heterocycles. The van der Waals surface area contributed by atoms with Crippen LogP contribution in [0.4, 0.5) is 10.2 Å². The van der Waals surface area contributed by atoms with Crippen molar-refractivity contribution in [2.45, 2.75) is 20.4 Å². The van der Waals surface area contributed by atoms with E-state index in [0.29, 0.717) is 23.6 Å². The Labute approximate surface area is 118 Å². The minimum atomic E-state index is -0.203. The summed E-state index contributed by atoms with van der Waals surface area (Å²) in [6.07, 6.45) is 0. The predicted octanol–water partition coefficient (Wildman–Crippen LogP) is 3.35. The molecule has 2 aromatic rings. The van der Waals surface area contributed by atoms with E-state index in [9.17, 15) is 4.39 Å². The molecule has 2 rings (SSSR count). The van der Waals surface area contributed by atoms with Crippen LogP contribution in [0.5, 0.6) is 0 Å². The van der Waals surface area contributed by atoms with Gasteiger partial charge in [0.05, 0.1) is 0 Å². The minimum absolute atomic E-state index is 0.203. The predicted molar refractivity (Wildman–Crippen MR) is 76.9 cm³/mol. The van der Waals surface area contributed by atoms with Gasteiger partial charge in [-0.25, -0.2) is 9.37 Å². The van der Waals surface area contributed by atoms with Gasteiger partial charge in [0.2, 0.25) is 0 Å². The van der Waals surface area contributed by atoms with Crippen molar-refractivity contribution in [1.29, 1.82) is 5.26 Å². The SMILES string of the molecule is Cc1ccc(CN(C)c2ccc(C)c(C#N)n2)cc1F. The largest absolute Gasteiger partial charge is 0.355 e. The van der Waals surface area contributed by atoms with Crippen LogP contribution >= 0.6 is 0 Å². The van der Waals surface area contributed by atoms with Crippen molar-refractivity contribution in [2.24, 2.45) is 0 Å². The fraction of sp³-hybridized carbons (Fsp3) is 0.250. The Hall–Kier alpha value is -2.41. The normalized spacial score (nSPS) is 10.2. The molecule has 0 atom stereocenters. The molecule has 0 bridgehead atoms. The Morgan fingerprint density at radius 1 is 1.20 bits per heavy atom. The van der Waals surface area contributed by atoms with Gasteiger partial charge in [0, 0.05) is 13.6 Å². The molecule has 0 unspecified atom stereocenters. The standard InChI is InChI=1S/C16H16FN3/c1-11-4-6-13(8-14(11)17)10-20(3)16-7-5-12(2)15(9-18)19-16/h4-8H,10H2,1-3H3. The second-order valence-corrected chi connectivity index (χ2v) is 4.89. The molecule has 0 aliphatic rings. The molecule has 0 saturated carbocycles. The number of nitrogens with zero attached hydrogens (tertiary/aromatic N) is 3. The highest BCUT2D eigenvalue weighted by atomic mass is 19.1. The molecule has 1 aromatic carbocycles. The van der Waals surface area contributed by atoms with Crippen molar-refractivity contribution in [2.75, 3.05) is 11.9 Å². The average molecular weight is 269 g/mol. The van der Waals surface area contributed by atoms with Gasteiger partial charge in [0.15, 0.2) is 0 Å². The topological polar surface area (TPSA) is 39.9 Å². The lowest BCUT2D eigenvalue weighted by molar-refractivity contribution is 0.615. The van der Waals surface area contributed by atoms with E-state index in [2.05, 4.69) is 11.1 Å². The second-order valence-electron chi connectivity index (χ2n) is 4.89. The van der Waals surface area contributed by atoms with Crippen LogP contribution in [-0.2, 0) is 6.54 Å². The molecule has 20 heavy (non-hydrogen) atoms. The number of benzene rings is 1.